The van der Waals surface area contributed by atoms with Crippen LogP contribution in [0.1, 0.15) is 32.6 Å². The second-order valence-electron chi connectivity index (χ2n) is 5.70. The Kier molecular flexibility index (Phi) is 3.76. The molecule has 0 saturated carbocycles. The molecule has 21 heavy (non-hydrogen) atoms. The molecule has 0 spiro atoms. The van der Waals surface area contributed by atoms with Crippen LogP contribution in [0.4, 0.5) is 0 Å². The maximum atomic E-state index is 11.3. The fraction of sp³-hybridized carbons (Fsp3) is 0.278. The summed E-state index contributed by atoms with van der Waals surface area (Å²) in [4.78, 5) is 13.6. The lowest BCUT2D eigenvalue weighted by Gasteiger charge is -2.29. The normalized spacial score (nSPS) is 14.7. The van der Waals surface area contributed by atoms with Crippen LogP contribution in [0.15, 0.2) is 42.5 Å². The van der Waals surface area contributed by atoms with Crippen LogP contribution < -0.4 is 0 Å². The van der Waals surface area contributed by atoms with Crippen molar-refractivity contribution in [2.24, 2.45) is 0 Å². The summed E-state index contributed by atoms with van der Waals surface area (Å²) in [6.45, 7) is 4.75. The van der Waals surface area contributed by atoms with E-state index in [9.17, 15) is 9.90 Å². The number of carboxylic acid groups (broad SMARTS) is 1. The third kappa shape index (κ3) is 2.98. The highest BCUT2D eigenvalue weighted by molar-refractivity contribution is 5.89. The quantitative estimate of drug-likeness (QED) is 0.939. The molecule has 0 amide bonds. The van der Waals surface area contributed by atoms with Crippen molar-refractivity contribution >= 4 is 5.97 Å². The summed E-state index contributed by atoms with van der Waals surface area (Å²) in [6, 6.07) is 14.2. The summed E-state index contributed by atoms with van der Waals surface area (Å²) >= 11 is 0. The summed E-state index contributed by atoms with van der Waals surface area (Å²) in [5, 5.41) is 9.26. The third-order valence-corrected chi connectivity index (χ3v) is 4.06. The predicted molar refractivity (Wildman–Crippen MR) is 82.4 cm³/mol. The fourth-order valence-corrected chi connectivity index (χ4v) is 3.07. The third-order valence-electron chi connectivity index (χ3n) is 4.06. The number of hydrogen-bond acceptors (Lipinski definition) is 2. The standard InChI is InChI=1S/C18H19NO2/c1-13-4-2-5-14(10-13)11-19-9-8-16-15(12-19)6-3-7-17(16)18(20)21/h2-7,10H,8-9,11-12H2,1H3,(H,20,21). The van der Waals surface area contributed by atoms with Gasteiger partial charge in [-0.05, 0) is 36.1 Å². The number of fused-ring (bicyclic) bond motifs is 1. The minimum absolute atomic E-state index is 0.461. The van der Waals surface area contributed by atoms with Gasteiger partial charge in [0.15, 0.2) is 0 Å². The van der Waals surface area contributed by atoms with Gasteiger partial charge in [0.1, 0.15) is 0 Å². The van der Waals surface area contributed by atoms with E-state index in [1.807, 2.05) is 12.1 Å². The molecule has 0 radical (unpaired) electrons. The molecule has 0 saturated heterocycles. The van der Waals surface area contributed by atoms with E-state index in [-0.39, 0.29) is 0 Å². The highest BCUT2D eigenvalue weighted by Crippen LogP contribution is 2.24. The molecular weight excluding hydrogens is 262 g/mol. The van der Waals surface area contributed by atoms with Crippen molar-refractivity contribution in [3.8, 4) is 0 Å². The molecule has 3 nitrogen and oxygen atoms in total. The molecule has 0 aromatic heterocycles. The fourth-order valence-electron chi connectivity index (χ4n) is 3.07. The van der Waals surface area contributed by atoms with Crippen molar-refractivity contribution in [1.82, 2.24) is 4.90 Å². The Labute approximate surface area is 124 Å². The molecule has 2 aromatic carbocycles. The maximum Gasteiger partial charge on any atom is 0.335 e. The van der Waals surface area contributed by atoms with Crippen molar-refractivity contribution in [3.63, 3.8) is 0 Å². The number of aryl methyl sites for hydroxylation is 1. The van der Waals surface area contributed by atoms with Gasteiger partial charge in [-0.3, -0.25) is 4.90 Å². The highest BCUT2D eigenvalue weighted by atomic mass is 16.4. The zero-order valence-electron chi connectivity index (χ0n) is 12.2. The first kappa shape index (κ1) is 13.8. The smallest absolute Gasteiger partial charge is 0.335 e. The molecule has 0 unspecified atom stereocenters. The van der Waals surface area contributed by atoms with Gasteiger partial charge in [0.05, 0.1) is 5.56 Å². The van der Waals surface area contributed by atoms with E-state index in [4.69, 9.17) is 0 Å². The monoisotopic (exact) mass is 281 g/mol. The number of aromatic carboxylic acids is 1. The minimum atomic E-state index is -0.820. The van der Waals surface area contributed by atoms with E-state index in [2.05, 4.69) is 36.1 Å². The molecule has 3 rings (SSSR count). The molecule has 0 aliphatic carbocycles. The molecule has 1 heterocycles. The van der Waals surface area contributed by atoms with Crippen molar-refractivity contribution in [2.75, 3.05) is 6.54 Å². The predicted octanol–water partition coefficient (Wildman–Crippen LogP) is 3.25. The Morgan fingerprint density at radius 2 is 2.05 bits per heavy atom. The number of hydrogen-bond donors (Lipinski definition) is 1. The van der Waals surface area contributed by atoms with Crippen LogP contribution in [-0.2, 0) is 19.5 Å². The van der Waals surface area contributed by atoms with Gasteiger partial charge in [-0.25, -0.2) is 4.79 Å². The maximum absolute atomic E-state index is 11.3. The first-order chi connectivity index (χ1) is 10.1. The highest BCUT2D eigenvalue weighted by Gasteiger charge is 2.21. The Hall–Kier alpha value is -2.13. The summed E-state index contributed by atoms with van der Waals surface area (Å²) in [5.74, 6) is -0.820. The molecule has 108 valence electrons. The second-order valence-corrected chi connectivity index (χ2v) is 5.70. The van der Waals surface area contributed by atoms with Crippen LogP contribution in [-0.4, -0.2) is 22.5 Å². The lowest BCUT2D eigenvalue weighted by molar-refractivity contribution is 0.0694. The molecule has 0 bridgehead atoms. The molecule has 1 N–H and O–H groups in total. The van der Waals surface area contributed by atoms with Gasteiger partial charge >= 0.3 is 5.97 Å². The van der Waals surface area contributed by atoms with Crippen LogP contribution in [0.2, 0.25) is 0 Å². The van der Waals surface area contributed by atoms with E-state index < -0.39 is 5.97 Å². The van der Waals surface area contributed by atoms with Crippen molar-refractivity contribution in [3.05, 3.63) is 70.3 Å². The van der Waals surface area contributed by atoms with Gasteiger partial charge in [0.2, 0.25) is 0 Å². The topological polar surface area (TPSA) is 40.5 Å². The molecule has 2 aromatic rings. The van der Waals surface area contributed by atoms with Crippen LogP contribution in [0, 0.1) is 6.92 Å². The van der Waals surface area contributed by atoms with E-state index in [1.165, 1.54) is 11.1 Å². The average molecular weight is 281 g/mol. The zero-order chi connectivity index (χ0) is 14.8. The summed E-state index contributed by atoms with van der Waals surface area (Å²) in [5.41, 5.74) is 5.20. The Morgan fingerprint density at radius 1 is 1.24 bits per heavy atom. The molecule has 0 atom stereocenters. The number of benzene rings is 2. The van der Waals surface area contributed by atoms with Crippen molar-refractivity contribution in [2.45, 2.75) is 26.4 Å². The number of nitrogens with zero attached hydrogens (tertiary/aromatic N) is 1. The van der Waals surface area contributed by atoms with E-state index in [0.29, 0.717) is 5.56 Å². The first-order valence-corrected chi connectivity index (χ1v) is 7.25. The van der Waals surface area contributed by atoms with Gasteiger partial charge in [0.25, 0.3) is 0 Å². The Bertz CT molecular complexity index is 679. The number of rotatable bonds is 3. The molecular formula is C18H19NO2. The van der Waals surface area contributed by atoms with Crippen molar-refractivity contribution in [1.29, 1.82) is 0 Å². The van der Waals surface area contributed by atoms with Crippen LogP contribution in [0.25, 0.3) is 0 Å². The van der Waals surface area contributed by atoms with Crippen LogP contribution in [0.3, 0.4) is 0 Å². The van der Waals surface area contributed by atoms with Gasteiger partial charge in [-0.15, -0.1) is 0 Å². The van der Waals surface area contributed by atoms with Gasteiger partial charge < -0.3 is 5.11 Å². The van der Waals surface area contributed by atoms with Crippen LogP contribution in [0.5, 0.6) is 0 Å². The van der Waals surface area contributed by atoms with E-state index in [0.717, 1.165) is 37.2 Å². The molecule has 0 fully saturated rings. The lowest BCUT2D eigenvalue weighted by Crippen LogP contribution is -2.31. The van der Waals surface area contributed by atoms with Crippen molar-refractivity contribution < 1.29 is 9.90 Å². The Morgan fingerprint density at radius 3 is 2.81 bits per heavy atom. The van der Waals surface area contributed by atoms with Gasteiger partial charge in [-0.2, -0.15) is 0 Å². The summed E-state index contributed by atoms with van der Waals surface area (Å²) < 4.78 is 0. The minimum Gasteiger partial charge on any atom is -0.478 e. The SMILES string of the molecule is Cc1cccc(CN2CCc3c(cccc3C(=O)O)C2)c1. The summed E-state index contributed by atoms with van der Waals surface area (Å²) in [6.07, 6.45) is 0.809. The molecule has 1 aliphatic rings. The Balaban J connectivity index is 1.79. The molecule has 3 heteroatoms. The largest absolute Gasteiger partial charge is 0.478 e. The zero-order valence-corrected chi connectivity index (χ0v) is 12.2. The van der Waals surface area contributed by atoms with Gasteiger partial charge in [0, 0.05) is 19.6 Å². The van der Waals surface area contributed by atoms with Crippen LogP contribution >= 0.6 is 0 Å². The summed E-state index contributed by atoms with van der Waals surface area (Å²) in [7, 11) is 0. The lowest BCUT2D eigenvalue weighted by atomic mass is 9.94. The molecule has 1 aliphatic heterocycles. The average Bonchev–Trinajstić information content (AvgIpc) is 2.46. The van der Waals surface area contributed by atoms with E-state index in [1.54, 1.807) is 6.07 Å². The van der Waals surface area contributed by atoms with E-state index >= 15 is 0 Å². The second kappa shape index (κ2) is 5.70. The van der Waals surface area contributed by atoms with Gasteiger partial charge in [-0.1, -0.05) is 42.0 Å². The number of carbonyl (C=O) groups is 1. The first-order valence-electron chi connectivity index (χ1n) is 7.25. The number of carboxylic acids is 1.